The smallest absolute Gasteiger partial charge is 0.170 e. The van der Waals surface area contributed by atoms with Crippen LogP contribution in [0.5, 0.6) is 5.75 Å². The van der Waals surface area contributed by atoms with Gasteiger partial charge in [-0.05, 0) is 29.7 Å². The molecule has 0 amide bonds. The van der Waals surface area contributed by atoms with Crippen LogP contribution in [0.25, 0.3) is 0 Å². The van der Waals surface area contributed by atoms with Gasteiger partial charge in [0.05, 0.1) is 0 Å². The summed E-state index contributed by atoms with van der Waals surface area (Å²) in [5, 5.41) is 7.82. The SMILES string of the molecule is Cn1cnnc1COc1ccc(Cc2ccccc2)cc1. The zero-order chi connectivity index (χ0) is 14.5. The standard InChI is InChI=1S/C17H17N3O/c1-20-13-18-19-17(20)12-21-16-9-7-15(8-10-16)11-14-5-3-2-4-6-14/h2-10,13H,11-12H2,1H3. The number of benzene rings is 2. The Hall–Kier alpha value is -2.62. The number of hydrogen-bond donors (Lipinski definition) is 0. The lowest BCUT2D eigenvalue weighted by Crippen LogP contribution is -2.03. The average Bonchev–Trinajstić information content (AvgIpc) is 2.93. The van der Waals surface area contributed by atoms with Crippen molar-refractivity contribution >= 4 is 0 Å². The molecule has 3 rings (SSSR count). The zero-order valence-electron chi connectivity index (χ0n) is 11.9. The van der Waals surface area contributed by atoms with E-state index < -0.39 is 0 Å². The summed E-state index contributed by atoms with van der Waals surface area (Å²) in [4.78, 5) is 0. The molecule has 0 saturated heterocycles. The first kappa shape index (κ1) is 13.4. The highest BCUT2D eigenvalue weighted by molar-refractivity contribution is 5.31. The minimum atomic E-state index is 0.425. The van der Waals surface area contributed by atoms with Crippen molar-refractivity contribution in [2.24, 2.45) is 7.05 Å². The Morgan fingerprint density at radius 3 is 2.33 bits per heavy atom. The van der Waals surface area contributed by atoms with Crippen LogP contribution in [-0.2, 0) is 20.1 Å². The van der Waals surface area contributed by atoms with Crippen LogP contribution in [0.2, 0.25) is 0 Å². The molecule has 1 aromatic heterocycles. The lowest BCUT2D eigenvalue weighted by Gasteiger charge is -2.07. The first-order valence-corrected chi connectivity index (χ1v) is 6.90. The quantitative estimate of drug-likeness (QED) is 0.721. The Bertz CT molecular complexity index is 690. The molecule has 106 valence electrons. The van der Waals surface area contributed by atoms with Crippen molar-refractivity contribution in [1.82, 2.24) is 14.8 Å². The number of hydrogen-bond acceptors (Lipinski definition) is 3. The second-order valence-corrected chi connectivity index (χ2v) is 4.95. The van der Waals surface area contributed by atoms with Gasteiger partial charge in [-0.2, -0.15) is 0 Å². The molecule has 0 unspecified atom stereocenters. The minimum Gasteiger partial charge on any atom is -0.486 e. The topological polar surface area (TPSA) is 39.9 Å². The molecule has 3 aromatic rings. The molecule has 0 bridgehead atoms. The Kier molecular flexibility index (Phi) is 3.96. The van der Waals surface area contributed by atoms with Gasteiger partial charge in [0.25, 0.3) is 0 Å². The van der Waals surface area contributed by atoms with E-state index in [-0.39, 0.29) is 0 Å². The van der Waals surface area contributed by atoms with Crippen molar-refractivity contribution in [3.05, 3.63) is 77.9 Å². The van der Waals surface area contributed by atoms with Gasteiger partial charge in [0.2, 0.25) is 0 Å². The van der Waals surface area contributed by atoms with Crippen LogP contribution in [0.1, 0.15) is 17.0 Å². The van der Waals surface area contributed by atoms with Gasteiger partial charge < -0.3 is 9.30 Å². The van der Waals surface area contributed by atoms with Crippen molar-refractivity contribution in [2.75, 3.05) is 0 Å². The molecule has 0 aliphatic carbocycles. The van der Waals surface area contributed by atoms with Crippen LogP contribution in [0.3, 0.4) is 0 Å². The first-order chi connectivity index (χ1) is 10.3. The van der Waals surface area contributed by atoms with E-state index in [1.54, 1.807) is 6.33 Å². The summed E-state index contributed by atoms with van der Waals surface area (Å²) in [6.07, 6.45) is 2.60. The predicted octanol–water partition coefficient (Wildman–Crippen LogP) is 2.98. The van der Waals surface area contributed by atoms with Crippen molar-refractivity contribution in [3.8, 4) is 5.75 Å². The summed E-state index contributed by atoms with van der Waals surface area (Å²) in [5.41, 5.74) is 2.58. The molecule has 0 atom stereocenters. The molecule has 0 aliphatic heterocycles. The monoisotopic (exact) mass is 279 g/mol. The Labute approximate surface area is 124 Å². The number of rotatable bonds is 5. The largest absolute Gasteiger partial charge is 0.486 e. The summed E-state index contributed by atoms with van der Waals surface area (Å²) in [7, 11) is 1.90. The fourth-order valence-corrected chi connectivity index (χ4v) is 2.12. The third-order valence-corrected chi connectivity index (χ3v) is 3.35. The summed E-state index contributed by atoms with van der Waals surface area (Å²) in [6, 6.07) is 18.6. The van der Waals surface area contributed by atoms with Crippen LogP contribution in [0.4, 0.5) is 0 Å². The highest BCUT2D eigenvalue weighted by Crippen LogP contribution is 2.16. The van der Waals surface area contributed by atoms with Crippen LogP contribution in [0.15, 0.2) is 60.9 Å². The molecule has 2 aromatic carbocycles. The minimum absolute atomic E-state index is 0.425. The normalized spacial score (nSPS) is 10.5. The zero-order valence-corrected chi connectivity index (χ0v) is 11.9. The van der Waals surface area contributed by atoms with Gasteiger partial charge in [0, 0.05) is 7.05 Å². The molecule has 4 nitrogen and oxygen atoms in total. The fourth-order valence-electron chi connectivity index (χ4n) is 2.12. The number of nitrogens with zero attached hydrogens (tertiary/aromatic N) is 3. The lowest BCUT2D eigenvalue weighted by atomic mass is 10.1. The molecule has 0 N–H and O–H groups in total. The maximum absolute atomic E-state index is 5.71. The number of ether oxygens (including phenoxy) is 1. The molecule has 0 spiro atoms. The molecule has 21 heavy (non-hydrogen) atoms. The van der Waals surface area contributed by atoms with Crippen molar-refractivity contribution < 1.29 is 4.74 Å². The Morgan fingerprint density at radius 1 is 0.952 bits per heavy atom. The summed E-state index contributed by atoms with van der Waals surface area (Å²) in [5.74, 6) is 1.65. The van der Waals surface area contributed by atoms with E-state index >= 15 is 0 Å². The number of aromatic nitrogens is 3. The van der Waals surface area contributed by atoms with Crippen molar-refractivity contribution in [3.63, 3.8) is 0 Å². The lowest BCUT2D eigenvalue weighted by molar-refractivity contribution is 0.291. The second kappa shape index (κ2) is 6.22. The van der Waals surface area contributed by atoms with Crippen LogP contribution >= 0.6 is 0 Å². The van der Waals surface area contributed by atoms with Gasteiger partial charge in [0.1, 0.15) is 18.7 Å². The molecule has 4 heteroatoms. The van der Waals surface area contributed by atoms with Gasteiger partial charge in [-0.3, -0.25) is 0 Å². The average molecular weight is 279 g/mol. The third-order valence-electron chi connectivity index (χ3n) is 3.35. The highest BCUT2D eigenvalue weighted by Gasteiger charge is 2.02. The van der Waals surface area contributed by atoms with Crippen LogP contribution < -0.4 is 4.74 Å². The van der Waals surface area contributed by atoms with E-state index in [0.29, 0.717) is 6.61 Å². The van der Waals surface area contributed by atoms with Crippen molar-refractivity contribution in [1.29, 1.82) is 0 Å². The number of aryl methyl sites for hydroxylation is 1. The van der Waals surface area contributed by atoms with Gasteiger partial charge in [0.15, 0.2) is 5.82 Å². The van der Waals surface area contributed by atoms with Gasteiger partial charge in [-0.15, -0.1) is 10.2 Å². The van der Waals surface area contributed by atoms with Gasteiger partial charge >= 0.3 is 0 Å². The maximum atomic E-state index is 5.71. The molecule has 0 radical (unpaired) electrons. The van der Waals surface area contributed by atoms with Gasteiger partial charge in [-0.25, -0.2) is 0 Å². The van der Waals surface area contributed by atoms with E-state index in [4.69, 9.17) is 4.74 Å². The van der Waals surface area contributed by atoms with E-state index in [1.165, 1.54) is 11.1 Å². The van der Waals surface area contributed by atoms with Gasteiger partial charge in [-0.1, -0.05) is 42.5 Å². The maximum Gasteiger partial charge on any atom is 0.170 e. The summed E-state index contributed by atoms with van der Waals surface area (Å²) in [6.45, 7) is 0.425. The van der Waals surface area contributed by atoms with E-state index in [9.17, 15) is 0 Å². The molecular formula is C17H17N3O. The van der Waals surface area contributed by atoms with E-state index in [1.807, 2.05) is 29.8 Å². The molecular weight excluding hydrogens is 262 g/mol. The second-order valence-electron chi connectivity index (χ2n) is 4.95. The third kappa shape index (κ3) is 3.48. The van der Waals surface area contributed by atoms with Crippen LogP contribution in [-0.4, -0.2) is 14.8 Å². The first-order valence-electron chi connectivity index (χ1n) is 6.90. The molecule has 0 fully saturated rings. The van der Waals surface area contributed by atoms with Crippen LogP contribution in [0, 0.1) is 0 Å². The fraction of sp³-hybridized carbons (Fsp3) is 0.176. The predicted molar refractivity (Wildman–Crippen MR) is 81.0 cm³/mol. The highest BCUT2D eigenvalue weighted by atomic mass is 16.5. The molecule has 1 heterocycles. The molecule has 0 saturated carbocycles. The Balaban J connectivity index is 1.60. The van der Waals surface area contributed by atoms with E-state index in [0.717, 1.165) is 18.0 Å². The molecule has 0 aliphatic rings. The summed E-state index contributed by atoms with van der Waals surface area (Å²) < 4.78 is 7.56. The van der Waals surface area contributed by atoms with Crippen molar-refractivity contribution in [2.45, 2.75) is 13.0 Å². The Morgan fingerprint density at radius 2 is 1.67 bits per heavy atom. The summed E-state index contributed by atoms with van der Waals surface area (Å²) >= 11 is 0. The van der Waals surface area contributed by atoms with E-state index in [2.05, 4.69) is 46.6 Å².